The van der Waals surface area contributed by atoms with E-state index in [2.05, 4.69) is 4.72 Å². The van der Waals surface area contributed by atoms with Gasteiger partial charge in [0.15, 0.2) is 4.90 Å². The molecule has 8 heteroatoms. The number of benzene rings is 1. The fourth-order valence-corrected chi connectivity index (χ4v) is 2.45. The molecule has 0 bridgehead atoms. The second kappa shape index (κ2) is 5.59. The predicted octanol–water partition coefficient (Wildman–Crippen LogP) is 0.387. The van der Waals surface area contributed by atoms with E-state index in [0.29, 0.717) is 6.54 Å². The van der Waals surface area contributed by atoms with Gasteiger partial charge < -0.3 is 10.6 Å². The molecule has 1 aromatic carbocycles. The first-order valence-corrected chi connectivity index (χ1v) is 6.61. The summed E-state index contributed by atoms with van der Waals surface area (Å²) in [6.07, 6.45) is 0. The summed E-state index contributed by atoms with van der Waals surface area (Å²) in [6, 6.07) is 1.53. The molecule has 0 amide bonds. The molecule has 0 heterocycles. The summed E-state index contributed by atoms with van der Waals surface area (Å²) in [5.41, 5.74) is 5.04. The molecule has 18 heavy (non-hydrogen) atoms. The Labute approximate surface area is 105 Å². The molecule has 5 nitrogen and oxygen atoms in total. The van der Waals surface area contributed by atoms with Crippen molar-refractivity contribution in [3.8, 4) is 0 Å². The van der Waals surface area contributed by atoms with Crippen LogP contribution in [0.15, 0.2) is 17.0 Å². The number of rotatable bonds is 5. The number of nitrogens with one attached hydrogen (secondary N) is 1. The molecule has 0 unspecified atom stereocenters. The molecule has 0 aliphatic carbocycles. The van der Waals surface area contributed by atoms with Crippen LogP contribution in [0.1, 0.15) is 0 Å². The minimum absolute atomic E-state index is 0.0542. The average molecular weight is 279 g/mol. The van der Waals surface area contributed by atoms with Crippen molar-refractivity contribution in [1.29, 1.82) is 0 Å². The molecule has 0 radical (unpaired) electrons. The quantitative estimate of drug-likeness (QED) is 0.764. The first-order valence-electron chi connectivity index (χ1n) is 5.13. The highest BCUT2D eigenvalue weighted by atomic mass is 32.2. The van der Waals surface area contributed by atoms with Gasteiger partial charge >= 0.3 is 0 Å². The van der Waals surface area contributed by atoms with Gasteiger partial charge in [-0.3, -0.25) is 0 Å². The topological polar surface area (TPSA) is 75.4 Å². The number of nitrogens with two attached hydrogens (primary N) is 1. The Balaban J connectivity index is 2.99. The number of sulfonamides is 1. The second-order valence-corrected chi connectivity index (χ2v) is 5.72. The smallest absolute Gasteiger partial charge is 0.246 e. The largest absolute Gasteiger partial charge is 0.399 e. The summed E-state index contributed by atoms with van der Waals surface area (Å²) in [7, 11) is -0.719. The van der Waals surface area contributed by atoms with E-state index in [0.717, 1.165) is 12.1 Å². The van der Waals surface area contributed by atoms with Gasteiger partial charge in [-0.15, -0.1) is 0 Å². The summed E-state index contributed by atoms with van der Waals surface area (Å²) < 4.78 is 52.4. The molecular weight excluding hydrogens is 264 g/mol. The normalized spacial score (nSPS) is 12.1. The lowest BCUT2D eigenvalue weighted by atomic mass is 10.3. The monoisotopic (exact) mass is 279 g/mol. The first kappa shape index (κ1) is 14.8. The van der Waals surface area contributed by atoms with Gasteiger partial charge in [0, 0.05) is 18.8 Å². The summed E-state index contributed by atoms with van der Waals surface area (Å²) in [5, 5.41) is 0. The van der Waals surface area contributed by atoms with Crippen molar-refractivity contribution in [2.24, 2.45) is 0 Å². The van der Waals surface area contributed by atoms with Gasteiger partial charge in [0.25, 0.3) is 0 Å². The van der Waals surface area contributed by atoms with Crippen molar-refractivity contribution < 1.29 is 17.2 Å². The van der Waals surface area contributed by atoms with Crippen LogP contribution in [0.5, 0.6) is 0 Å². The van der Waals surface area contributed by atoms with E-state index in [1.165, 1.54) is 0 Å². The van der Waals surface area contributed by atoms with Crippen molar-refractivity contribution in [3.63, 3.8) is 0 Å². The van der Waals surface area contributed by atoms with Crippen LogP contribution in [0.2, 0.25) is 0 Å². The Hall–Kier alpha value is -1.25. The van der Waals surface area contributed by atoms with Crippen molar-refractivity contribution in [2.75, 3.05) is 32.9 Å². The SMILES string of the molecule is CN(C)CCNS(=O)(=O)c1c(F)cc(N)cc1F. The van der Waals surface area contributed by atoms with Crippen LogP contribution in [-0.4, -0.2) is 40.5 Å². The average Bonchev–Trinajstić information content (AvgIpc) is 2.13. The molecule has 0 aliphatic rings. The Morgan fingerprint density at radius 2 is 1.78 bits per heavy atom. The van der Waals surface area contributed by atoms with E-state index in [4.69, 9.17) is 5.73 Å². The highest BCUT2D eigenvalue weighted by molar-refractivity contribution is 7.89. The maximum Gasteiger partial charge on any atom is 0.246 e. The van der Waals surface area contributed by atoms with Crippen molar-refractivity contribution in [3.05, 3.63) is 23.8 Å². The van der Waals surface area contributed by atoms with E-state index in [9.17, 15) is 17.2 Å². The van der Waals surface area contributed by atoms with Gasteiger partial charge in [-0.25, -0.2) is 21.9 Å². The zero-order valence-corrected chi connectivity index (χ0v) is 10.9. The minimum Gasteiger partial charge on any atom is -0.399 e. The van der Waals surface area contributed by atoms with Gasteiger partial charge in [0.1, 0.15) is 11.6 Å². The molecule has 0 spiro atoms. The summed E-state index contributed by atoms with van der Waals surface area (Å²) in [4.78, 5) is 0.730. The van der Waals surface area contributed by atoms with Gasteiger partial charge in [-0.1, -0.05) is 0 Å². The third-order valence-corrected chi connectivity index (χ3v) is 3.65. The lowest BCUT2D eigenvalue weighted by Gasteiger charge is -2.12. The number of nitrogens with zero attached hydrogens (tertiary/aromatic N) is 1. The number of anilines is 1. The van der Waals surface area contributed by atoms with E-state index >= 15 is 0 Å². The Kier molecular flexibility index (Phi) is 4.60. The maximum absolute atomic E-state index is 13.4. The third-order valence-electron chi connectivity index (χ3n) is 2.14. The Morgan fingerprint density at radius 1 is 1.28 bits per heavy atom. The molecule has 0 aliphatic heterocycles. The van der Waals surface area contributed by atoms with Crippen molar-refractivity contribution >= 4 is 15.7 Å². The number of likely N-dealkylation sites (N-methyl/N-ethyl adjacent to an activating group) is 1. The Morgan fingerprint density at radius 3 is 2.22 bits per heavy atom. The molecular formula is C10H15F2N3O2S. The Bertz CT molecular complexity index is 509. The molecule has 1 rings (SSSR count). The van der Waals surface area contributed by atoms with Crippen LogP contribution < -0.4 is 10.5 Å². The first-order chi connectivity index (χ1) is 8.24. The van der Waals surface area contributed by atoms with E-state index in [1.54, 1.807) is 19.0 Å². The predicted molar refractivity (Wildman–Crippen MR) is 64.5 cm³/mol. The number of hydrogen-bond acceptors (Lipinski definition) is 4. The van der Waals surface area contributed by atoms with E-state index in [1.807, 2.05) is 0 Å². The number of halogens is 2. The number of hydrogen-bond donors (Lipinski definition) is 2. The maximum atomic E-state index is 13.4. The molecule has 102 valence electrons. The molecule has 0 atom stereocenters. The fraction of sp³-hybridized carbons (Fsp3) is 0.400. The molecule has 0 aromatic heterocycles. The molecule has 0 saturated heterocycles. The van der Waals surface area contributed by atoms with Crippen LogP contribution >= 0.6 is 0 Å². The standard InChI is InChI=1S/C10H15F2N3O2S/c1-15(2)4-3-14-18(16,17)10-8(11)5-7(13)6-9(10)12/h5-6,14H,3-4,13H2,1-2H3. The minimum atomic E-state index is -4.22. The van der Waals surface area contributed by atoms with Crippen molar-refractivity contribution in [1.82, 2.24) is 9.62 Å². The van der Waals surface area contributed by atoms with Crippen LogP contribution in [0.3, 0.4) is 0 Å². The van der Waals surface area contributed by atoms with Gasteiger partial charge in [0.05, 0.1) is 0 Å². The van der Waals surface area contributed by atoms with Crippen LogP contribution in [-0.2, 0) is 10.0 Å². The van der Waals surface area contributed by atoms with Gasteiger partial charge in [-0.2, -0.15) is 0 Å². The van der Waals surface area contributed by atoms with Crippen molar-refractivity contribution in [2.45, 2.75) is 4.90 Å². The summed E-state index contributed by atoms with van der Waals surface area (Å²) >= 11 is 0. The molecule has 3 N–H and O–H groups in total. The zero-order chi connectivity index (χ0) is 13.9. The second-order valence-electron chi connectivity index (χ2n) is 4.01. The summed E-state index contributed by atoms with van der Waals surface area (Å²) in [5.74, 6) is -2.41. The number of nitrogen functional groups attached to an aromatic ring is 1. The lowest BCUT2D eigenvalue weighted by Crippen LogP contribution is -2.32. The van der Waals surface area contributed by atoms with Gasteiger partial charge in [0.2, 0.25) is 10.0 Å². The molecule has 0 saturated carbocycles. The zero-order valence-electron chi connectivity index (χ0n) is 10.1. The van der Waals surface area contributed by atoms with E-state index < -0.39 is 26.6 Å². The highest BCUT2D eigenvalue weighted by Crippen LogP contribution is 2.21. The van der Waals surface area contributed by atoms with E-state index in [-0.39, 0.29) is 12.2 Å². The summed E-state index contributed by atoms with van der Waals surface area (Å²) in [6.45, 7) is 0.468. The fourth-order valence-electron chi connectivity index (χ4n) is 1.31. The van der Waals surface area contributed by atoms with Crippen LogP contribution in [0.25, 0.3) is 0 Å². The third kappa shape index (κ3) is 3.62. The van der Waals surface area contributed by atoms with Crippen LogP contribution in [0, 0.1) is 11.6 Å². The van der Waals surface area contributed by atoms with Gasteiger partial charge in [-0.05, 0) is 26.2 Å². The highest BCUT2D eigenvalue weighted by Gasteiger charge is 2.24. The molecule has 1 aromatic rings. The van der Waals surface area contributed by atoms with Crippen LogP contribution in [0.4, 0.5) is 14.5 Å². The molecule has 0 fully saturated rings. The lowest BCUT2D eigenvalue weighted by molar-refractivity contribution is 0.411.